The van der Waals surface area contributed by atoms with E-state index < -0.39 is 0 Å². The van der Waals surface area contributed by atoms with Gasteiger partial charge in [-0.2, -0.15) is 0 Å². The number of nitrogens with one attached hydrogen (secondary N) is 2. The molecule has 2 N–H and O–H groups in total. The standard InChI is InChI=1S/C21H26FN5/c1-3-16-7-11-27(20(16)6-8-24-2)15-18-5-4-17(14-19(18)22)21(23)26-12-9-25-10-13-26/h3-8,11,14,23,25H,9-10,12-13,15H2,1-2H3/b16-3-,20-6+,23-21?,24-8?. The van der Waals surface area contributed by atoms with Crippen molar-refractivity contribution < 1.29 is 4.39 Å². The number of hydrogen-bond donors (Lipinski definition) is 2. The van der Waals surface area contributed by atoms with Crippen molar-refractivity contribution in [3.8, 4) is 0 Å². The van der Waals surface area contributed by atoms with Gasteiger partial charge in [0.1, 0.15) is 11.7 Å². The summed E-state index contributed by atoms with van der Waals surface area (Å²) in [6.45, 7) is 5.68. The molecule has 2 heterocycles. The van der Waals surface area contributed by atoms with Crippen LogP contribution in [0, 0.1) is 11.2 Å². The second-order valence-corrected chi connectivity index (χ2v) is 6.54. The molecule has 0 radical (unpaired) electrons. The van der Waals surface area contributed by atoms with E-state index in [0.717, 1.165) is 36.7 Å². The second kappa shape index (κ2) is 8.77. The van der Waals surface area contributed by atoms with Gasteiger partial charge in [-0.1, -0.05) is 18.2 Å². The van der Waals surface area contributed by atoms with Crippen molar-refractivity contribution >= 4 is 24.2 Å². The predicted octanol–water partition coefficient (Wildman–Crippen LogP) is 1.19. The lowest BCUT2D eigenvalue weighted by Gasteiger charge is -2.29. The SMILES string of the molecule is C/C=c1/ccn(Cc2ccc(C(=N)N3CCNCC3)cc2F)/c1=C/C=NC. The number of nitrogens with zero attached hydrogens (tertiary/aromatic N) is 3. The van der Waals surface area contributed by atoms with E-state index in [1.807, 2.05) is 46.9 Å². The van der Waals surface area contributed by atoms with Crippen molar-refractivity contribution in [1.29, 1.82) is 5.41 Å². The van der Waals surface area contributed by atoms with E-state index in [9.17, 15) is 4.39 Å². The molecule has 1 aliphatic heterocycles. The van der Waals surface area contributed by atoms with E-state index in [4.69, 9.17) is 5.41 Å². The molecule has 1 aromatic carbocycles. The van der Waals surface area contributed by atoms with Gasteiger partial charge in [0.15, 0.2) is 0 Å². The molecule has 3 rings (SSSR count). The normalized spacial score (nSPS) is 16.5. The van der Waals surface area contributed by atoms with Crippen LogP contribution < -0.4 is 15.9 Å². The van der Waals surface area contributed by atoms with Crippen molar-refractivity contribution in [2.24, 2.45) is 4.99 Å². The van der Waals surface area contributed by atoms with E-state index in [1.54, 1.807) is 19.3 Å². The van der Waals surface area contributed by atoms with Gasteiger partial charge in [0.25, 0.3) is 0 Å². The van der Waals surface area contributed by atoms with Gasteiger partial charge in [-0.25, -0.2) is 4.39 Å². The van der Waals surface area contributed by atoms with Crippen molar-refractivity contribution in [2.45, 2.75) is 13.5 Å². The molecule has 6 heteroatoms. The molecular weight excluding hydrogens is 341 g/mol. The number of benzene rings is 1. The molecule has 142 valence electrons. The largest absolute Gasteiger partial charge is 0.354 e. The van der Waals surface area contributed by atoms with Crippen LogP contribution in [0.4, 0.5) is 4.39 Å². The van der Waals surface area contributed by atoms with Crippen LogP contribution in [0.2, 0.25) is 0 Å². The van der Waals surface area contributed by atoms with Crippen LogP contribution in [-0.2, 0) is 6.54 Å². The monoisotopic (exact) mass is 367 g/mol. The Morgan fingerprint density at radius 3 is 2.74 bits per heavy atom. The maximum Gasteiger partial charge on any atom is 0.128 e. The number of piperazine rings is 1. The van der Waals surface area contributed by atoms with E-state index in [2.05, 4.69) is 10.3 Å². The Labute approximate surface area is 159 Å². The average Bonchev–Trinajstić information content (AvgIpc) is 3.09. The Balaban J connectivity index is 1.85. The minimum atomic E-state index is -0.279. The van der Waals surface area contributed by atoms with Gasteiger partial charge in [-0.3, -0.25) is 10.4 Å². The van der Waals surface area contributed by atoms with Gasteiger partial charge >= 0.3 is 0 Å². The number of halogens is 1. The summed E-state index contributed by atoms with van der Waals surface area (Å²) in [5.74, 6) is 0.109. The third-order valence-corrected chi connectivity index (χ3v) is 4.83. The van der Waals surface area contributed by atoms with Gasteiger partial charge in [0.05, 0.1) is 6.54 Å². The van der Waals surface area contributed by atoms with Gasteiger partial charge in [-0.05, 0) is 30.4 Å². The number of rotatable bonds is 4. The topological polar surface area (TPSA) is 56.4 Å². The molecule has 0 aliphatic carbocycles. The fraction of sp³-hybridized carbons (Fsp3) is 0.333. The fourth-order valence-corrected chi connectivity index (χ4v) is 3.30. The highest BCUT2D eigenvalue weighted by Gasteiger charge is 2.16. The van der Waals surface area contributed by atoms with Crippen LogP contribution in [0.5, 0.6) is 0 Å². The third-order valence-electron chi connectivity index (χ3n) is 4.83. The zero-order chi connectivity index (χ0) is 19.2. The Hall–Kier alpha value is -2.73. The zero-order valence-corrected chi connectivity index (χ0v) is 15.9. The van der Waals surface area contributed by atoms with E-state index in [-0.39, 0.29) is 5.82 Å². The summed E-state index contributed by atoms with van der Waals surface area (Å²) < 4.78 is 16.8. The summed E-state index contributed by atoms with van der Waals surface area (Å²) >= 11 is 0. The maximum atomic E-state index is 14.8. The summed E-state index contributed by atoms with van der Waals surface area (Å²) in [4.78, 5) is 6.00. The Kier molecular flexibility index (Phi) is 6.19. The molecule has 0 spiro atoms. The number of aromatic nitrogens is 1. The lowest BCUT2D eigenvalue weighted by atomic mass is 10.1. The van der Waals surface area contributed by atoms with E-state index >= 15 is 0 Å². The molecule has 5 nitrogen and oxygen atoms in total. The average molecular weight is 367 g/mol. The van der Waals surface area contributed by atoms with Crippen LogP contribution in [-0.4, -0.2) is 54.7 Å². The summed E-state index contributed by atoms with van der Waals surface area (Å²) in [6.07, 6.45) is 7.66. The van der Waals surface area contributed by atoms with Crippen LogP contribution >= 0.6 is 0 Å². The predicted molar refractivity (Wildman–Crippen MR) is 109 cm³/mol. The molecular formula is C21H26FN5. The number of amidine groups is 1. The Morgan fingerprint density at radius 1 is 1.30 bits per heavy atom. The van der Waals surface area contributed by atoms with Crippen LogP contribution in [0.25, 0.3) is 12.2 Å². The van der Waals surface area contributed by atoms with E-state index in [0.29, 0.717) is 23.5 Å². The van der Waals surface area contributed by atoms with Crippen molar-refractivity contribution in [2.75, 3.05) is 33.2 Å². The third kappa shape index (κ3) is 4.34. The van der Waals surface area contributed by atoms with Gasteiger partial charge < -0.3 is 14.8 Å². The van der Waals surface area contributed by atoms with Crippen LogP contribution in [0.3, 0.4) is 0 Å². The smallest absolute Gasteiger partial charge is 0.128 e. The summed E-state index contributed by atoms with van der Waals surface area (Å²) in [5.41, 5.74) is 1.23. The van der Waals surface area contributed by atoms with Gasteiger partial charge in [0, 0.05) is 62.1 Å². The summed E-state index contributed by atoms with van der Waals surface area (Å²) in [5, 5.41) is 13.7. The molecule has 1 aromatic heterocycles. The molecule has 0 bridgehead atoms. The first-order valence-corrected chi connectivity index (χ1v) is 9.21. The minimum Gasteiger partial charge on any atom is -0.354 e. The Bertz CT molecular complexity index is 951. The van der Waals surface area contributed by atoms with Crippen LogP contribution in [0.1, 0.15) is 18.1 Å². The summed E-state index contributed by atoms with van der Waals surface area (Å²) in [7, 11) is 1.73. The molecule has 0 unspecified atom stereocenters. The quantitative estimate of drug-likeness (QED) is 0.630. The molecule has 1 saturated heterocycles. The number of hydrogen-bond acceptors (Lipinski definition) is 3. The molecule has 27 heavy (non-hydrogen) atoms. The first kappa shape index (κ1) is 19.0. The molecule has 0 saturated carbocycles. The van der Waals surface area contributed by atoms with E-state index in [1.165, 1.54) is 6.07 Å². The first-order valence-electron chi connectivity index (χ1n) is 9.21. The lowest BCUT2D eigenvalue weighted by molar-refractivity contribution is 0.356. The highest BCUT2D eigenvalue weighted by Crippen LogP contribution is 2.14. The fourth-order valence-electron chi connectivity index (χ4n) is 3.30. The summed E-state index contributed by atoms with van der Waals surface area (Å²) in [6, 6.07) is 7.12. The van der Waals surface area contributed by atoms with Crippen LogP contribution in [0.15, 0.2) is 35.5 Å². The second-order valence-electron chi connectivity index (χ2n) is 6.54. The van der Waals surface area contributed by atoms with Gasteiger partial charge in [-0.15, -0.1) is 0 Å². The zero-order valence-electron chi connectivity index (χ0n) is 15.9. The molecule has 0 atom stereocenters. The molecule has 0 amide bonds. The number of aliphatic imine (C=N–C) groups is 1. The molecule has 1 fully saturated rings. The highest BCUT2D eigenvalue weighted by molar-refractivity contribution is 5.96. The molecule has 1 aliphatic rings. The first-order chi connectivity index (χ1) is 13.1. The Morgan fingerprint density at radius 2 is 2.07 bits per heavy atom. The molecule has 2 aromatic rings. The lowest BCUT2D eigenvalue weighted by Crippen LogP contribution is -2.46. The van der Waals surface area contributed by atoms with Crippen molar-refractivity contribution in [3.63, 3.8) is 0 Å². The van der Waals surface area contributed by atoms with Crippen molar-refractivity contribution in [3.05, 3.63) is 58.0 Å². The maximum absolute atomic E-state index is 14.8. The van der Waals surface area contributed by atoms with Crippen molar-refractivity contribution in [1.82, 2.24) is 14.8 Å². The highest BCUT2D eigenvalue weighted by atomic mass is 19.1. The minimum absolute atomic E-state index is 0.279. The van der Waals surface area contributed by atoms with Gasteiger partial charge in [0.2, 0.25) is 0 Å².